The second-order valence-electron chi connectivity index (χ2n) is 10.7. The van der Waals surface area contributed by atoms with Crippen molar-refractivity contribution in [3.05, 3.63) is 65.7 Å². The van der Waals surface area contributed by atoms with Crippen LogP contribution in [0.4, 0.5) is 0 Å². The van der Waals surface area contributed by atoms with Crippen molar-refractivity contribution in [2.24, 2.45) is 0 Å². The van der Waals surface area contributed by atoms with Crippen LogP contribution < -0.4 is 10.1 Å². The molecule has 0 aromatic heterocycles. The van der Waals surface area contributed by atoms with Gasteiger partial charge in [-0.05, 0) is 54.4 Å². The van der Waals surface area contributed by atoms with Crippen LogP contribution in [0.15, 0.2) is 54.6 Å². The second-order valence-corrected chi connectivity index (χ2v) is 10.7. The Balaban J connectivity index is 1.69. The summed E-state index contributed by atoms with van der Waals surface area (Å²) in [4.78, 5) is 28.4. The highest BCUT2D eigenvalue weighted by Gasteiger charge is 2.30. The summed E-state index contributed by atoms with van der Waals surface area (Å²) < 4.78 is 5.87. The average molecular weight is 479 g/mol. The molecule has 0 heterocycles. The monoisotopic (exact) mass is 478 g/mol. The highest BCUT2D eigenvalue weighted by Crippen LogP contribution is 2.24. The molecule has 1 aliphatic rings. The summed E-state index contributed by atoms with van der Waals surface area (Å²) in [5, 5.41) is 3.22. The topological polar surface area (TPSA) is 58.6 Å². The molecule has 1 fully saturated rings. The maximum absolute atomic E-state index is 13.4. The number of nitrogens with one attached hydrogen (secondary N) is 1. The van der Waals surface area contributed by atoms with Crippen LogP contribution in [0.5, 0.6) is 5.75 Å². The average Bonchev–Trinajstić information content (AvgIpc) is 2.86. The smallest absolute Gasteiger partial charge is 0.261 e. The molecule has 5 heteroatoms. The molecule has 1 N–H and O–H groups in total. The summed E-state index contributed by atoms with van der Waals surface area (Å²) in [5.74, 6) is 0.455. The van der Waals surface area contributed by atoms with Crippen LogP contribution in [0.2, 0.25) is 0 Å². The van der Waals surface area contributed by atoms with Crippen LogP contribution in [-0.2, 0) is 21.4 Å². The molecule has 0 radical (unpaired) electrons. The van der Waals surface area contributed by atoms with E-state index in [0.717, 1.165) is 31.2 Å². The van der Waals surface area contributed by atoms with Crippen molar-refractivity contribution in [3.63, 3.8) is 0 Å². The van der Waals surface area contributed by atoms with Gasteiger partial charge in [-0.25, -0.2) is 0 Å². The van der Waals surface area contributed by atoms with Crippen LogP contribution in [0.1, 0.15) is 77.3 Å². The van der Waals surface area contributed by atoms with E-state index in [0.29, 0.717) is 25.1 Å². The molecule has 0 unspecified atom stereocenters. The minimum atomic E-state index is -0.500. The molecule has 2 aromatic carbocycles. The number of amides is 2. The van der Waals surface area contributed by atoms with Crippen molar-refractivity contribution in [2.45, 2.75) is 90.1 Å². The number of ether oxygens (including phenoxy) is 1. The van der Waals surface area contributed by atoms with Crippen LogP contribution in [0.3, 0.4) is 0 Å². The van der Waals surface area contributed by atoms with Gasteiger partial charge in [0.1, 0.15) is 11.8 Å². The zero-order chi connectivity index (χ0) is 25.3. The molecule has 1 saturated carbocycles. The van der Waals surface area contributed by atoms with Gasteiger partial charge in [0.05, 0.1) is 0 Å². The van der Waals surface area contributed by atoms with E-state index in [1.54, 1.807) is 4.90 Å². The Morgan fingerprint density at radius 1 is 1.00 bits per heavy atom. The van der Waals surface area contributed by atoms with Gasteiger partial charge in [0.25, 0.3) is 5.91 Å². The van der Waals surface area contributed by atoms with Crippen molar-refractivity contribution < 1.29 is 14.3 Å². The summed E-state index contributed by atoms with van der Waals surface area (Å²) in [6.45, 7) is 8.86. The molecule has 1 aliphatic carbocycles. The van der Waals surface area contributed by atoms with Gasteiger partial charge >= 0.3 is 0 Å². The third kappa shape index (κ3) is 8.12. The van der Waals surface area contributed by atoms with Gasteiger partial charge in [0, 0.05) is 12.6 Å². The molecular weight excluding hydrogens is 436 g/mol. The first-order valence-electron chi connectivity index (χ1n) is 13.1. The second kappa shape index (κ2) is 12.8. The lowest BCUT2D eigenvalue weighted by molar-refractivity contribution is -0.142. The Bertz CT molecular complexity index is 928. The van der Waals surface area contributed by atoms with Crippen molar-refractivity contribution in [1.82, 2.24) is 10.2 Å². The van der Waals surface area contributed by atoms with E-state index >= 15 is 0 Å². The van der Waals surface area contributed by atoms with E-state index in [4.69, 9.17) is 4.74 Å². The molecule has 2 amide bonds. The van der Waals surface area contributed by atoms with Crippen LogP contribution in [0, 0.1) is 0 Å². The lowest BCUT2D eigenvalue weighted by Gasteiger charge is -2.32. The largest absolute Gasteiger partial charge is 0.484 e. The maximum atomic E-state index is 13.4. The van der Waals surface area contributed by atoms with Crippen molar-refractivity contribution in [3.8, 4) is 5.75 Å². The quantitative estimate of drug-likeness (QED) is 0.479. The summed E-state index contributed by atoms with van der Waals surface area (Å²) in [5.41, 5.74) is 2.42. The van der Waals surface area contributed by atoms with Gasteiger partial charge in [0.2, 0.25) is 5.91 Å². The van der Waals surface area contributed by atoms with Gasteiger partial charge < -0.3 is 15.0 Å². The van der Waals surface area contributed by atoms with Gasteiger partial charge in [0.15, 0.2) is 6.61 Å². The molecule has 2 aromatic rings. The van der Waals surface area contributed by atoms with Gasteiger partial charge in [-0.2, -0.15) is 0 Å². The molecule has 5 nitrogen and oxygen atoms in total. The van der Waals surface area contributed by atoms with E-state index < -0.39 is 6.04 Å². The SMILES string of the molecule is CC[C@H](C(=O)NC1CCCCC1)N(CCc1ccccc1)C(=O)COc1ccc(C(C)(C)C)cc1. The number of nitrogens with zero attached hydrogens (tertiary/aromatic N) is 1. The van der Waals surface area contributed by atoms with E-state index in [1.165, 1.54) is 12.0 Å². The lowest BCUT2D eigenvalue weighted by Crippen LogP contribution is -2.53. The molecule has 0 spiro atoms. The first-order chi connectivity index (χ1) is 16.8. The zero-order valence-corrected chi connectivity index (χ0v) is 21.9. The highest BCUT2D eigenvalue weighted by molar-refractivity contribution is 5.88. The molecule has 0 aliphatic heterocycles. The van der Waals surface area contributed by atoms with Crippen LogP contribution >= 0.6 is 0 Å². The number of carbonyl (C=O) groups is 2. The highest BCUT2D eigenvalue weighted by atomic mass is 16.5. The van der Waals surface area contributed by atoms with E-state index in [9.17, 15) is 9.59 Å². The number of hydrogen-bond acceptors (Lipinski definition) is 3. The van der Waals surface area contributed by atoms with E-state index in [1.807, 2.05) is 49.4 Å². The standard InChI is InChI=1S/C30H42N2O3/c1-5-27(29(34)31-25-14-10-7-11-15-25)32(21-20-23-12-8-6-9-13-23)28(33)22-35-26-18-16-24(17-19-26)30(2,3)4/h6,8-9,12-13,16-19,25,27H,5,7,10-11,14-15,20-22H2,1-4H3,(H,31,34)/t27-/m1/s1. The maximum Gasteiger partial charge on any atom is 0.261 e. The number of rotatable bonds is 10. The first-order valence-corrected chi connectivity index (χ1v) is 13.1. The molecular formula is C30H42N2O3. The molecule has 3 rings (SSSR count). The van der Waals surface area contributed by atoms with Crippen molar-refractivity contribution in [1.29, 1.82) is 0 Å². The molecule has 0 saturated heterocycles. The van der Waals surface area contributed by atoms with Gasteiger partial charge in [-0.3, -0.25) is 9.59 Å². The Hall–Kier alpha value is -2.82. The predicted octanol–water partition coefficient (Wildman–Crippen LogP) is 5.66. The number of benzene rings is 2. The number of carbonyl (C=O) groups excluding carboxylic acids is 2. The lowest BCUT2D eigenvalue weighted by atomic mass is 9.87. The molecule has 35 heavy (non-hydrogen) atoms. The van der Waals surface area contributed by atoms with Gasteiger partial charge in [-0.15, -0.1) is 0 Å². The Kier molecular flexibility index (Phi) is 9.76. The third-order valence-electron chi connectivity index (χ3n) is 6.90. The zero-order valence-electron chi connectivity index (χ0n) is 21.9. The molecule has 1 atom stereocenters. The van der Waals surface area contributed by atoms with E-state index in [-0.39, 0.29) is 29.9 Å². The number of hydrogen-bond donors (Lipinski definition) is 1. The summed E-state index contributed by atoms with van der Waals surface area (Å²) in [6, 6.07) is 17.7. The Morgan fingerprint density at radius 2 is 1.66 bits per heavy atom. The van der Waals surface area contributed by atoms with Crippen molar-refractivity contribution >= 4 is 11.8 Å². The summed E-state index contributed by atoms with van der Waals surface area (Å²) in [7, 11) is 0. The summed E-state index contributed by atoms with van der Waals surface area (Å²) >= 11 is 0. The predicted molar refractivity (Wildman–Crippen MR) is 142 cm³/mol. The van der Waals surface area contributed by atoms with E-state index in [2.05, 4.69) is 38.2 Å². The normalized spacial score (nSPS) is 15.3. The fourth-order valence-corrected chi connectivity index (χ4v) is 4.72. The molecule has 190 valence electrons. The minimum absolute atomic E-state index is 0.0460. The fraction of sp³-hybridized carbons (Fsp3) is 0.533. The van der Waals surface area contributed by atoms with Crippen LogP contribution in [-0.4, -0.2) is 41.9 Å². The third-order valence-corrected chi connectivity index (χ3v) is 6.90. The van der Waals surface area contributed by atoms with Gasteiger partial charge in [-0.1, -0.05) is 89.4 Å². The van der Waals surface area contributed by atoms with Crippen LogP contribution in [0.25, 0.3) is 0 Å². The fourth-order valence-electron chi connectivity index (χ4n) is 4.72. The Labute approximate surface area is 211 Å². The Morgan fingerprint density at radius 3 is 2.26 bits per heavy atom. The summed E-state index contributed by atoms with van der Waals surface area (Å²) in [6.07, 6.45) is 6.85. The molecule has 0 bridgehead atoms. The van der Waals surface area contributed by atoms with Crippen molar-refractivity contribution in [2.75, 3.05) is 13.2 Å². The first kappa shape index (κ1) is 26.8. The minimum Gasteiger partial charge on any atom is -0.484 e.